The summed E-state index contributed by atoms with van der Waals surface area (Å²) in [6.07, 6.45) is 1.95. The third kappa shape index (κ3) is 2.42. The zero-order valence-corrected chi connectivity index (χ0v) is 6.31. The van der Waals surface area contributed by atoms with Crippen molar-refractivity contribution in [1.29, 1.82) is 0 Å². The molecule has 0 aromatic rings. The molecule has 0 fully saturated rings. The zero-order chi connectivity index (χ0) is 7.28. The quantitative estimate of drug-likeness (QED) is 0.564. The van der Waals surface area contributed by atoms with Crippen LogP contribution in [0.15, 0.2) is 16.8 Å². The fraction of sp³-hybridized carbons (Fsp3) is 0.571. The molecular weight excluding hydrogens is 112 g/mol. The highest BCUT2D eigenvalue weighted by atomic mass is 14.9. The summed E-state index contributed by atoms with van der Waals surface area (Å²) in [5.74, 6) is 0. The summed E-state index contributed by atoms with van der Waals surface area (Å²) in [6.45, 7) is 7.44. The highest BCUT2D eigenvalue weighted by Crippen LogP contribution is 2.00. The van der Waals surface area contributed by atoms with Gasteiger partial charge in [0, 0.05) is 6.04 Å². The number of hydrogen-bond acceptors (Lipinski definition) is 2. The summed E-state index contributed by atoms with van der Waals surface area (Å²) >= 11 is 0. The van der Waals surface area contributed by atoms with Crippen molar-refractivity contribution in [3.63, 3.8) is 0 Å². The molecule has 1 unspecified atom stereocenters. The summed E-state index contributed by atoms with van der Waals surface area (Å²) in [5, 5.41) is 3.06. The van der Waals surface area contributed by atoms with Gasteiger partial charge in [-0.25, -0.2) is 0 Å². The van der Waals surface area contributed by atoms with Crippen molar-refractivity contribution < 1.29 is 0 Å². The van der Waals surface area contributed by atoms with E-state index in [-0.39, 0.29) is 0 Å². The van der Waals surface area contributed by atoms with Crippen molar-refractivity contribution in [2.75, 3.05) is 7.05 Å². The van der Waals surface area contributed by atoms with Crippen LogP contribution >= 0.6 is 0 Å². The number of likely N-dealkylation sites (N-methyl/N-ethyl adjacent to an activating group) is 1. The van der Waals surface area contributed by atoms with Gasteiger partial charge in [-0.2, -0.15) is 0 Å². The molecule has 1 atom stereocenters. The number of hydrogen-bond donors (Lipinski definition) is 1. The lowest BCUT2D eigenvalue weighted by Crippen LogP contribution is -2.22. The first-order valence-corrected chi connectivity index (χ1v) is 3.06. The Morgan fingerprint density at radius 1 is 1.78 bits per heavy atom. The van der Waals surface area contributed by atoms with E-state index in [9.17, 15) is 0 Å². The number of allylic oxidation sites excluding steroid dienone is 1. The first kappa shape index (κ1) is 8.37. The van der Waals surface area contributed by atoms with Gasteiger partial charge in [0.25, 0.3) is 0 Å². The molecule has 1 N–H and O–H groups in total. The summed E-state index contributed by atoms with van der Waals surface area (Å²) in [4.78, 5) is 3.83. The standard InChI is InChI=1S/C7H14N2/c1-5-7(9-4)6(2)8-3/h5-6,8H,4H2,1-3H3/b7-5-. The van der Waals surface area contributed by atoms with Crippen LogP contribution in [0.2, 0.25) is 0 Å². The lowest BCUT2D eigenvalue weighted by atomic mass is 10.2. The van der Waals surface area contributed by atoms with Crippen molar-refractivity contribution in [3.05, 3.63) is 11.8 Å². The van der Waals surface area contributed by atoms with Gasteiger partial charge in [-0.1, -0.05) is 6.08 Å². The number of rotatable bonds is 3. The molecule has 0 aliphatic rings. The molecule has 0 spiro atoms. The normalized spacial score (nSPS) is 15.2. The van der Waals surface area contributed by atoms with E-state index in [2.05, 4.69) is 17.0 Å². The fourth-order valence-corrected chi connectivity index (χ4v) is 0.626. The van der Waals surface area contributed by atoms with Gasteiger partial charge in [-0.05, 0) is 27.6 Å². The van der Waals surface area contributed by atoms with Gasteiger partial charge < -0.3 is 5.32 Å². The molecule has 0 radical (unpaired) electrons. The Hall–Kier alpha value is -0.630. The van der Waals surface area contributed by atoms with E-state index in [0.717, 1.165) is 5.70 Å². The van der Waals surface area contributed by atoms with Crippen LogP contribution in [0.4, 0.5) is 0 Å². The first-order chi connectivity index (χ1) is 4.26. The molecule has 0 aliphatic carbocycles. The summed E-state index contributed by atoms with van der Waals surface area (Å²) < 4.78 is 0. The highest BCUT2D eigenvalue weighted by molar-refractivity contribution is 5.30. The Bertz CT molecular complexity index is 116. The minimum absolute atomic E-state index is 0.312. The average molecular weight is 126 g/mol. The molecule has 0 heterocycles. The molecule has 2 nitrogen and oxygen atoms in total. The van der Waals surface area contributed by atoms with Crippen LogP contribution in [0.5, 0.6) is 0 Å². The summed E-state index contributed by atoms with van der Waals surface area (Å²) in [5.41, 5.74) is 0.998. The van der Waals surface area contributed by atoms with E-state index >= 15 is 0 Å². The Labute approximate surface area is 56.7 Å². The van der Waals surface area contributed by atoms with Gasteiger partial charge >= 0.3 is 0 Å². The molecule has 0 saturated heterocycles. The van der Waals surface area contributed by atoms with Gasteiger partial charge in [-0.15, -0.1) is 0 Å². The van der Waals surface area contributed by atoms with Gasteiger partial charge in [-0.3, -0.25) is 4.99 Å². The van der Waals surface area contributed by atoms with E-state index in [1.54, 1.807) is 0 Å². The summed E-state index contributed by atoms with van der Waals surface area (Å²) in [7, 11) is 1.90. The van der Waals surface area contributed by atoms with Crippen LogP contribution in [0.1, 0.15) is 13.8 Å². The van der Waals surface area contributed by atoms with Crippen molar-refractivity contribution in [2.24, 2.45) is 4.99 Å². The van der Waals surface area contributed by atoms with E-state index < -0.39 is 0 Å². The second-order valence-electron chi connectivity index (χ2n) is 1.88. The van der Waals surface area contributed by atoms with Crippen LogP contribution in [0, 0.1) is 0 Å². The molecule has 0 aliphatic heterocycles. The SMILES string of the molecule is C=N/C(=C\C)C(C)NC. The van der Waals surface area contributed by atoms with Gasteiger partial charge in [0.05, 0.1) is 5.70 Å². The highest BCUT2D eigenvalue weighted by Gasteiger charge is 1.99. The molecule has 0 aromatic heterocycles. The number of nitrogens with one attached hydrogen (secondary N) is 1. The van der Waals surface area contributed by atoms with Gasteiger partial charge in [0.15, 0.2) is 0 Å². The Balaban J connectivity index is 3.95. The lowest BCUT2D eigenvalue weighted by molar-refractivity contribution is 0.686. The maximum Gasteiger partial charge on any atom is 0.0520 e. The average Bonchev–Trinajstić information content (AvgIpc) is 1.90. The van der Waals surface area contributed by atoms with Gasteiger partial charge in [0.2, 0.25) is 0 Å². The van der Waals surface area contributed by atoms with Crippen molar-refractivity contribution in [3.8, 4) is 0 Å². The van der Waals surface area contributed by atoms with Crippen molar-refractivity contribution in [2.45, 2.75) is 19.9 Å². The monoisotopic (exact) mass is 126 g/mol. The number of nitrogens with zero attached hydrogens (tertiary/aromatic N) is 1. The fourth-order valence-electron chi connectivity index (χ4n) is 0.626. The molecule has 2 heteroatoms. The Kier molecular flexibility index (Phi) is 3.97. The van der Waals surface area contributed by atoms with E-state index in [1.165, 1.54) is 0 Å². The minimum atomic E-state index is 0.312. The van der Waals surface area contributed by atoms with Crippen LogP contribution in [-0.2, 0) is 0 Å². The Morgan fingerprint density at radius 2 is 2.33 bits per heavy atom. The topological polar surface area (TPSA) is 24.4 Å². The molecule has 9 heavy (non-hydrogen) atoms. The van der Waals surface area contributed by atoms with Crippen LogP contribution in [-0.4, -0.2) is 19.8 Å². The zero-order valence-electron chi connectivity index (χ0n) is 6.31. The smallest absolute Gasteiger partial charge is 0.0520 e. The second-order valence-corrected chi connectivity index (χ2v) is 1.88. The van der Waals surface area contributed by atoms with Crippen LogP contribution in [0.25, 0.3) is 0 Å². The maximum absolute atomic E-state index is 3.83. The molecule has 0 bridgehead atoms. The van der Waals surface area contributed by atoms with Gasteiger partial charge in [0.1, 0.15) is 0 Å². The molecule has 0 amide bonds. The third-order valence-corrected chi connectivity index (χ3v) is 1.36. The van der Waals surface area contributed by atoms with Crippen molar-refractivity contribution >= 4 is 6.72 Å². The molecular formula is C7H14N2. The molecule has 0 saturated carbocycles. The van der Waals surface area contributed by atoms with E-state index in [4.69, 9.17) is 0 Å². The predicted octanol–water partition coefficient (Wildman–Crippen LogP) is 1.20. The minimum Gasteiger partial charge on any atom is -0.312 e. The van der Waals surface area contributed by atoms with Crippen LogP contribution in [0.3, 0.4) is 0 Å². The van der Waals surface area contributed by atoms with Crippen molar-refractivity contribution in [1.82, 2.24) is 5.32 Å². The predicted molar refractivity (Wildman–Crippen MR) is 41.8 cm³/mol. The Morgan fingerprint density at radius 3 is 2.44 bits per heavy atom. The molecule has 0 rings (SSSR count). The first-order valence-electron chi connectivity index (χ1n) is 3.06. The van der Waals surface area contributed by atoms with E-state index in [1.807, 2.05) is 27.0 Å². The van der Waals surface area contributed by atoms with E-state index in [0.29, 0.717) is 6.04 Å². The number of aliphatic imine (C=N–C) groups is 1. The van der Waals surface area contributed by atoms with Crippen LogP contribution < -0.4 is 5.32 Å². The molecule has 52 valence electrons. The largest absolute Gasteiger partial charge is 0.312 e. The lowest BCUT2D eigenvalue weighted by Gasteiger charge is -2.08. The third-order valence-electron chi connectivity index (χ3n) is 1.36. The molecule has 0 aromatic carbocycles. The summed E-state index contributed by atoms with van der Waals surface area (Å²) in [6, 6.07) is 0.312. The second kappa shape index (κ2) is 4.27. The maximum atomic E-state index is 3.83.